The number of anilines is 1. The summed E-state index contributed by atoms with van der Waals surface area (Å²) in [5.74, 6) is -0.0725. The lowest BCUT2D eigenvalue weighted by Gasteiger charge is -2.08. The summed E-state index contributed by atoms with van der Waals surface area (Å²) in [7, 11) is 1.57. The zero-order valence-corrected chi connectivity index (χ0v) is 13.6. The van der Waals surface area contributed by atoms with Crippen molar-refractivity contribution in [2.75, 3.05) is 5.32 Å². The maximum atomic E-state index is 12.6. The normalized spacial score (nSPS) is 11.0. The number of aromatic nitrogens is 2. The molecule has 0 saturated carbocycles. The average molecular weight is 332 g/mol. The van der Waals surface area contributed by atoms with Crippen molar-refractivity contribution in [2.24, 2.45) is 7.05 Å². The minimum absolute atomic E-state index is 0.156. The smallest absolute Gasteiger partial charge is 0.265 e. The van der Waals surface area contributed by atoms with Crippen LogP contribution in [0.3, 0.4) is 0 Å². The van der Waals surface area contributed by atoms with Gasteiger partial charge >= 0.3 is 0 Å². The van der Waals surface area contributed by atoms with Gasteiger partial charge in [0.2, 0.25) is 5.71 Å². The maximum Gasteiger partial charge on any atom is 0.265 e. The SMILES string of the molecule is Cc1cc(Cl)ccc1NC(=O)c1c(C)oc2ncn(C)c(=O)c12. The number of hydrogen-bond acceptors (Lipinski definition) is 4. The Kier molecular flexibility index (Phi) is 3.69. The Balaban J connectivity index is 2.09. The molecule has 0 fully saturated rings. The highest BCUT2D eigenvalue weighted by atomic mass is 35.5. The van der Waals surface area contributed by atoms with Gasteiger partial charge in [0.25, 0.3) is 11.5 Å². The molecule has 0 unspecified atom stereocenters. The van der Waals surface area contributed by atoms with E-state index in [1.54, 1.807) is 32.2 Å². The van der Waals surface area contributed by atoms with Gasteiger partial charge in [0.05, 0.1) is 5.56 Å². The minimum atomic E-state index is -0.420. The first-order chi connectivity index (χ1) is 10.9. The van der Waals surface area contributed by atoms with E-state index in [-0.39, 0.29) is 22.2 Å². The van der Waals surface area contributed by atoms with Crippen LogP contribution in [-0.4, -0.2) is 15.5 Å². The van der Waals surface area contributed by atoms with Crippen LogP contribution in [0.5, 0.6) is 0 Å². The Morgan fingerprint density at radius 3 is 2.78 bits per heavy atom. The van der Waals surface area contributed by atoms with Crippen molar-refractivity contribution in [3.63, 3.8) is 0 Å². The minimum Gasteiger partial charge on any atom is -0.442 e. The van der Waals surface area contributed by atoms with E-state index in [1.165, 1.54) is 10.9 Å². The molecule has 2 aromatic heterocycles. The summed E-state index contributed by atoms with van der Waals surface area (Å²) in [6.07, 6.45) is 1.36. The third-order valence-electron chi connectivity index (χ3n) is 3.61. The molecule has 0 aliphatic rings. The fourth-order valence-corrected chi connectivity index (χ4v) is 2.64. The van der Waals surface area contributed by atoms with Crippen molar-refractivity contribution in [1.29, 1.82) is 0 Å². The van der Waals surface area contributed by atoms with E-state index in [1.807, 2.05) is 6.92 Å². The van der Waals surface area contributed by atoms with Crippen LogP contribution in [0.15, 0.2) is 33.7 Å². The van der Waals surface area contributed by atoms with Crippen LogP contribution in [0.2, 0.25) is 5.02 Å². The number of furan rings is 1. The van der Waals surface area contributed by atoms with Crippen LogP contribution in [-0.2, 0) is 7.05 Å². The number of amides is 1. The lowest BCUT2D eigenvalue weighted by Crippen LogP contribution is -2.20. The number of benzene rings is 1. The molecule has 1 amide bonds. The molecule has 3 rings (SSSR count). The van der Waals surface area contributed by atoms with Crippen LogP contribution < -0.4 is 10.9 Å². The van der Waals surface area contributed by atoms with Gasteiger partial charge in [0.15, 0.2) is 0 Å². The molecule has 0 spiro atoms. The van der Waals surface area contributed by atoms with Crippen LogP contribution in [0, 0.1) is 13.8 Å². The lowest BCUT2D eigenvalue weighted by molar-refractivity contribution is 0.102. The molecule has 0 radical (unpaired) electrons. The first-order valence-electron chi connectivity index (χ1n) is 6.90. The topological polar surface area (TPSA) is 77.1 Å². The molecule has 23 heavy (non-hydrogen) atoms. The van der Waals surface area contributed by atoms with E-state index in [0.717, 1.165) is 5.56 Å². The van der Waals surface area contributed by atoms with Crippen molar-refractivity contribution < 1.29 is 9.21 Å². The largest absolute Gasteiger partial charge is 0.442 e. The Labute approximate surface area is 136 Å². The van der Waals surface area contributed by atoms with E-state index < -0.39 is 5.91 Å². The molecule has 0 bridgehead atoms. The van der Waals surface area contributed by atoms with Crippen molar-refractivity contribution in [2.45, 2.75) is 13.8 Å². The van der Waals surface area contributed by atoms with E-state index in [4.69, 9.17) is 16.0 Å². The van der Waals surface area contributed by atoms with Gasteiger partial charge in [0, 0.05) is 17.8 Å². The van der Waals surface area contributed by atoms with Crippen LogP contribution in [0.1, 0.15) is 21.7 Å². The molecular formula is C16H14ClN3O3. The first kappa shape index (κ1) is 15.3. The predicted octanol–water partition coefficient (Wildman–Crippen LogP) is 3.05. The summed E-state index contributed by atoms with van der Waals surface area (Å²) >= 11 is 5.91. The molecule has 1 N–H and O–H groups in total. The molecule has 0 aliphatic heterocycles. The third-order valence-corrected chi connectivity index (χ3v) is 3.85. The van der Waals surface area contributed by atoms with Gasteiger partial charge in [-0.2, -0.15) is 0 Å². The van der Waals surface area contributed by atoms with E-state index in [2.05, 4.69) is 10.3 Å². The fourth-order valence-electron chi connectivity index (χ4n) is 2.41. The number of carbonyl (C=O) groups is 1. The van der Waals surface area contributed by atoms with Crippen LogP contribution in [0.4, 0.5) is 5.69 Å². The van der Waals surface area contributed by atoms with E-state index >= 15 is 0 Å². The number of carbonyl (C=O) groups excluding carboxylic acids is 1. The standard InChI is InChI=1S/C16H14ClN3O3/c1-8-6-10(17)4-5-11(8)19-14(21)12-9(2)23-15-13(12)16(22)20(3)7-18-15/h4-7H,1-3H3,(H,19,21). The summed E-state index contributed by atoms with van der Waals surface area (Å²) in [5, 5.41) is 3.55. The molecule has 3 aromatic rings. The molecule has 0 saturated heterocycles. The molecule has 6 nitrogen and oxygen atoms in total. The lowest BCUT2D eigenvalue weighted by atomic mass is 10.1. The average Bonchev–Trinajstić information content (AvgIpc) is 2.83. The summed E-state index contributed by atoms with van der Waals surface area (Å²) in [6.45, 7) is 3.47. The van der Waals surface area contributed by atoms with Crippen LogP contribution in [0.25, 0.3) is 11.1 Å². The molecule has 2 heterocycles. The monoisotopic (exact) mass is 331 g/mol. The molecular weight excluding hydrogens is 318 g/mol. The molecule has 7 heteroatoms. The second-order valence-electron chi connectivity index (χ2n) is 5.29. The summed E-state index contributed by atoms with van der Waals surface area (Å²) in [6, 6.07) is 5.15. The number of hydrogen-bond donors (Lipinski definition) is 1. The van der Waals surface area contributed by atoms with Crippen LogP contribution >= 0.6 is 11.6 Å². The van der Waals surface area contributed by atoms with Gasteiger partial charge in [0.1, 0.15) is 17.5 Å². The van der Waals surface area contributed by atoms with E-state index in [0.29, 0.717) is 16.5 Å². The molecule has 0 aliphatic carbocycles. The maximum absolute atomic E-state index is 12.6. The highest BCUT2D eigenvalue weighted by Gasteiger charge is 2.22. The van der Waals surface area contributed by atoms with Crippen molar-refractivity contribution in [3.8, 4) is 0 Å². The highest BCUT2D eigenvalue weighted by molar-refractivity contribution is 6.30. The number of fused-ring (bicyclic) bond motifs is 1. The van der Waals surface area contributed by atoms with Crippen molar-refractivity contribution in [3.05, 3.63) is 56.8 Å². The third kappa shape index (κ3) is 2.61. The Bertz CT molecular complexity index is 988. The second-order valence-corrected chi connectivity index (χ2v) is 5.72. The Morgan fingerprint density at radius 2 is 2.09 bits per heavy atom. The number of halogens is 1. The van der Waals surface area contributed by atoms with Gasteiger partial charge in [-0.3, -0.25) is 9.59 Å². The predicted molar refractivity (Wildman–Crippen MR) is 88.1 cm³/mol. The zero-order chi connectivity index (χ0) is 16.7. The van der Waals surface area contributed by atoms with Gasteiger partial charge in [-0.25, -0.2) is 4.98 Å². The summed E-state index contributed by atoms with van der Waals surface area (Å²) in [4.78, 5) is 29.0. The summed E-state index contributed by atoms with van der Waals surface area (Å²) < 4.78 is 6.74. The first-order valence-corrected chi connectivity index (χ1v) is 7.28. The Hall–Kier alpha value is -2.60. The van der Waals surface area contributed by atoms with Gasteiger partial charge in [-0.05, 0) is 37.6 Å². The van der Waals surface area contributed by atoms with E-state index in [9.17, 15) is 9.59 Å². The second kappa shape index (κ2) is 5.55. The molecule has 1 aromatic carbocycles. The Morgan fingerprint density at radius 1 is 1.35 bits per heavy atom. The number of rotatable bonds is 2. The molecule has 118 valence electrons. The van der Waals surface area contributed by atoms with Gasteiger partial charge in [-0.15, -0.1) is 0 Å². The molecule has 0 atom stereocenters. The zero-order valence-electron chi connectivity index (χ0n) is 12.8. The highest BCUT2D eigenvalue weighted by Crippen LogP contribution is 2.24. The summed E-state index contributed by atoms with van der Waals surface area (Å²) in [5.41, 5.74) is 1.47. The fraction of sp³-hybridized carbons (Fsp3) is 0.188. The number of aryl methyl sites for hydroxylation is 3. The van der Waals surface area contributed by atoms with Crippen molar-refractivity contribution in [1.82, 2.24) is 9.55 Å². The number of nitrogens with zero attached hydrogens (tertiary/aromatic N) is 2. The van der Waals surface area contributed by atoms with Crippen molar-refractivity contribution >= 4 is 34.3 Å². The number of nitrogens with one attached hydrogen (secondary N) is 1. The van der Waals surface area contributed by atoms with Gasteiger partial charge < -0.3 is 14.3 Å². The quantitative estimate of drug-likeness (QED) is 0.783. The van der Waals surface area contributed by atoms with Gasteiger partial charge in [-0.1, -0.05) is 11.6 Å².